The summed E-state index contributed by atoms with van der Waals surface area (Å²) in [6.45, 7) is 2.63. The van der Waals surface area contributed by atoms with E-state index in [0.29, 0.717) is 32.3 Å². The molecule has 1 aromatic carbocycles. The fourth-order valence-corrected chi connectivity index (χ4v) is 1.92. The number of hydrogen-bond donors (Lipinski definition) is 1. The molecule has 1 atom stereocenters. The molecule has 5 heteroatoms. The van der Waals surface area contributed by atoms with Crippen molar-refractivity contribution in [2.75, 3.05) is 31.7 Å². The Bertz CT molecular complexity index is 526. The number of para-hydroxylation sites is 1. The van der Waals surface area contributed by atoms with E-state index in [1.807, 2.05) is 30.5 Å². The molecule has 3 rings (SSSR count). The van der Waals surface area contributed by atoms with Gasteiger partial charge in [0.2, 0.25) is 5.95 Å². The second-order valence-corrected chi connectivity index (χ2v) is 4.20. The number of ether oxygens (including phenoxy) is 2. The van der Waals surface area contributed by atoms with Crippen LogP contribution in [0.2, 0.25) is 0 Å². The summed E-state index contributed by atoms with van der Waals surface area (Å²) in [4.78, 5) is 8.71. The Morgan fingerprint density at radius 2 is 2.22 bits per heavy atom. The van der Waals surface area contributed by atoms with Crippen molar-refractivity contribution < 1.29 is 9.47 Å². The summed E-state index contributed by atoms with van der Waals surface area (Å²) in [5, 5.41) is 4.22. The summed E-state index contributed by atoms with van der Waals surface area (Å²) in [7, 11) is 0. The molecule has 1 fully saturated rings. The van der Waals surface area contributed by atoms with Gasteiger partial charge in [-0.15, -0.1) is 0 Å². The van der Waals surface area contributed by atoms with Crippen molar-refractivity contribution in [1.82, 2.24) is 9.97 Å². The quantitative estimate of drug-likeness (QED) is 0.887. The van der Waals surface area contributed by atoms with E-state index in [1.54, 1.807) is 0 Å². The maximum absolute atomic E-state index is 5.54. The highest BCUT2D eigenvalue weighted by atomic mass is 16.6. The van der Waals surface area contributed by atoms with Crippen LogP contribution in [0, 0.1) is 0 Å². The Morgan fingerprint density at radius 1 is 1.28 bits per heavy atom. The maximum Gasteiger partial charge on any atom is 0.223 e. The van der Waals surface area contributed by atoms with E-state index in [-0.39, 0.29) is 6.10 Å². The molecule has 0 saturated carbocycles. The molecule has 1 N–H and O–H groups in total. The highest BCUT2D eigenvalue weighted by Gasteiger charge is 2.14. The van der Waals surface area contributed by atoms with Crippen LogP contribution in [0.4, 0.5) is 5.95 Å². The van der Waals surface area contributed by atoms with E-state index in [9.17, 15) is 0 Å². The van der Waals surface area contributed by atoms with Gasteiger partial charge in [0, 0.05) is 18.1 Å². The van der Waals surface area contributed by atoms with Crippen LogP contribution in [0.5, 0.6) is 0 Å². The van der Waals surface area contributed by atoms with Crippen LogP contribution in [0.3, 0.4) is 0 Å². The second-order valence-electron chi connectivity index (χ2n) is 4.20. The molecule has 2 heterocycles. The first-order chi connectivity index (χ1) is 8.92. The molecule has 18 heavy (non-hydrogen) atoms. The van der Waals surface area contributed by atoms with Crippen LogP contribution in [0.15, 0.2) is 30.5 Å². The molecule has 1 unspecified atom stereocenters. The lowest BCUT2D eigenvalue weighted by Crippen LogP contribution is -2.34. The fourth-order valence-electron chi connectivity index (χ4n) is 1.92. The minimum atomic E-state index is 0.0776. The first kappa shape index (κ1) is 11.4. The molecule has 0 spiro atoms. The number of benzene rings is 1. The predicted molar refractivity (Wildman–Crippen MR) is 68.6 cm³/mol. The molecule has 2 aromatic rings. The van der Waals surface area contributed by atoms with Gasteiger partial charge in [0.05, 0.1) is 31.4 Å². The predicted octanol–water partition coefficient (Wildman–Crippen LogP) is 1.46. The molecular formula is C13H15N3O2. The van der Waals surface area contributed by atoms with Crippen LogP contribution < -0.4 is 5.32 Å². The molecule has 94 valence electrons. The van der Waals surface area contributed by atoms with Crippen molar-refractivity contribution in [3.05, 3.63) is 30.5 Å². The van der Waals surface area contributed by atoms with E-state index in [2.05, 4.69) is 15.3 Å². The van der Waals surface area contributed by atoms with Crippen molar-refractivity contribution in [2.24, 2.45) is 0 Å². The molecule has 0 amide bonds. The minimum absolute atomic E-state index is 0.0776. The van der Waals surface area contributed by atoms with Crippen molar-refractivity contribution in [1.29, 1.82) is 0 Å². The van der Waals surface area contributed by atoms with E-state index in [1.165, 1.54) is 0 Å². The van der Waals surface area contributed by atoms with Gasteiger partial charge in [-0.05, 0) is 6.07 Å². The first-order valence-electron chi connectivity index (χ1n) is 6.07. The van der Waals surface area contributed by atoms with Gasteiger partial charge < -0.3 is 14.8 Å². The smallest absolute Gasteiger partial charge is 0.223 e. The van der Waals surface area contributed by atoms with Gasteiger partial charge in [-0.2, -0.15) is 0 Å². The van der Waals surface area contributed by atoms with Gasteiger partial charge in [-0.1, -0.05) is 18.2 Å². The lowest BCUT2D eigenvalue weighted by molar-refractivity contribution is -0.0819. The van der Waals surface area contributed by atoms with Gasteiger partial charge in [0.25, 0.3) is 0 Å². The molecule has 1 aliphatic heterocycles. The second kappa shape index (κ2) is 5.29. The van der Waals surface area contributed by atoms with Crippen molar-refractivity contribution >= 4 is 16.9 Å². The number of nitrogens with zero attached hydrogens (tertiary/aromatic N) is 2. The van der Waals surface area contributed by atoms with Crippen LogP contribution in [0.1, 0.15) is 0 Å². The number of anilines is 1. The van der Waals surface area contributed by atoms with Crippen LogP contribution in [-0.2, 0) is 9.47 Å². The summed E-state index contributed by atoms with van der Waals surface area (Å²) in [5.74, 6) is 0.628. The molecular weight excluding hydrogens is 230 g/mol. The lowest BCUT2D eigenvalue weighted by atomic mass is 10.2. The van der Waals surface area contributed by atoms with Gasteiger partial charge >= 0.3 is 0 Å². The summed E-state index contributed by atoms with van der Waals surface area (Å²) < 4.78 is 10.9. The van der Waals surface area contributed by atoms with E-state index < -0.39 is 0 Å². The van der Waals surface area contributed by atoms with Gasteiger partial charge in [-0.3, -0.25) is 0 Å². The molecule has 1 saturated heterocycles. The lowest BCUT2D eigenvalue weighted by Gasteiger charge is -2.23. The van der Waals surface area contributed by atoms with Crippen molar-refractivity contribution in [3.63, 3.8) is 0 Å². The zero-order chi connectivity index (χ0) is 12.2. The Morgan fingerprint density at radius 3 is 3.11 bits per heavy atom. The molecule has 1 aromatic heterocycles. The van der Waals surface area contributed by atoms with Crippen LogP contribution in [0.25, 0.3) is 10.9 Å². The largest absolute Gasteiger partial charge is 0.376 e. The molecule has 0 radical (unpaired) electrons. The SMILES string of the molecule is c1ccc2nc(NCC3COCCO3)ncc2c1. The average Bonchev–Trinajstić information content (AvgIpc) is 2.46. The highest BCUT2D eigenvalue weighted by molar-refractivity contribution is 5.78. The Balaban J connectivity index is 1.66. The van der Waals surface area contributed by atoms with E-state index in [4.69, 9.17) is 9.47 Å². The number of rotatable bonds is 3. The number of fused-ring (bicyclic) bond motifs is 1. The van der Waals surface area contributed by atoms with Crippen LogP contribution >= 0.6 is 0 Å². The van der Waals surface area contributed by atoms with E-state index >= 15 is 0 Å². The maximum atomic E-state index is 5.54. The topological polar surface area (TPSA) is 56.3 Å². The van der Waals surface area contributed by atoms with Gasteiger partial charge in [-0.25, -0.2) is 9.97 Å². The van der Waals surface area contributed by atoms with Gasteiger partial charge in [0.15, 0.2) is 0 Å². The van der Waals surface area contributed by atoms with Crippen molar-refractivity contribution in [3.8, 4) is 0 Å². The summed E-state index contributed by atoms with van der Waals surface area (Å²) in [6.07, 6.45) is 1.90. The molecule has 1 aliphatic rings. The molecule has 0 aliphatic carbocycles. The third-order valence-corrected chi connectivity index (χ3v) is 2.86. The molecule has 0 bridgehead atoms. The summed E-state index contributed by atoms with van der Waals surface area (Å²) >= 11 is 0. The van der Waals surface area contributed by atoms with Crippen LogP contribution in [-0.4, -0.2) is 42.4 Å². The zero-order valence-electron chi connectivity index (χ0n) is 10.0. The standard InChI is InChI=1S/C13H15N3O2/c1-2-4-12-10(3-1)7-14-13(16-12)15-8-11-9-17-5-6-18-11/h1-4,7,11H,5-6,8-9H2,(H,14,15,16). The summed E-state index contributed by atoms with van der Waals surface area (Å²) in [6, 6.07) is 7.92. The van der Waals surface area contributed by atoms with E-state index in [0.717, 1.165) is 10.9 Å². The Labute approximate surface area is 105 Å². The Kier molecular flexibility index (Phi) is 3.34. The third-order valence-electron chi connectivity index (χ3n) is 2.86. The number of hydrogen-bond acceptors (Lipinski definition) is 5. The zero-order valence-corrected chi connectivity index (χ0v) is 10.0. The molecule has 5 nitrogen and oxygen atoms in total. The average molecular weight is 245 g/mol. The highest BCUT2D eigenvalue weighted by Crippen LogP contribution is 2.12. The Hall–Kier alpha value is -1.72. The number of aromatic nitrogens is 2. The third kappa shape index (κ3) is 2.57. The first-order valence-corrected chi connectivity index (χ1v) is 6.07. The van der Waals surface area contributed by atoms with Crippen molar-refractivity contribution in [2.45, 2.75) is 6.10 Å². The summed E-state index contributed by atoms with van der Waals surface area (Å²) in [5.41, 5.74) is 0.941. The monoisotopic (exact) mass is 245 g/mol. The number of nitrogens with one attached hydrogen (secondary N) is 1. The minimum Gasteiger partial charge on any atom is -0.376 e. The normalized spacial score (nSPS) is 19.9. The fraction of sp³-hybridized carbons (Fsp3) is 0.385. The van der Waals surface area contributed by atoms with Gasteiger partial charge in [0.1, 0.15) is 0 Å².